The predicted octanol–water partition coefficient (Wildman–Crippen LogP) is 3.24. The molecule has 1 unspecified atom stereocenters. The van der Waals surface area contributed by atoms with Crippen LogP contribution in [0.1, 0.15) is 39.5 Å². The maximum Gasteiger partial charge on any atom is 0.202 e. The Morgan fingerprint density at radius 1 is 1.43 bits per heavy atom. The lowest BCUT2D eigenvalue weighted by atomic mass is 9.95. The normalized spacial score (nSPS) is 26.2. The van der Waals surface area contributed by atoms with E-state index in [-0.39, 0.29) is 5.78 Å². The zero-order valence-corrected chi connectivity index (χ0v) is 11.0. The van der Waals surface area contributed by atoms with Gasteiger partial charge < -0.3 is 4.74 Å². The summed E-state index contributed by atoms with van der Waals surface area (Å²) in [4.78, 5) is 11.6. The first-order chi connectivity index (χ1) is 6.58. The summed E-state index contributed by atoms with van der Waals surface area (Å²) in [5.41, 5.74) is -0.560. The molecule has 0 saturated heterocycles. The average molecular weight is 308 g/mol. The minimum absolute atomic E-state index is 0.129. The zero-order chi connectivity index (χ0) is 10.6. The van der Waals surface area contributed by atoms with Crippen molar-refractivity contribution < 1.29 is 9.53 Å². The molecule has 0 aromatic carbocycles. The number of rotatable bonds is 5. The molecule has 0 radical (unpaired) electrons. The fourth-order valence-electron chi connectivity index (χ4n) is 1.68. The minimum atomic E-state index is -0.560. The first-order valence-corrected chi connectivity index (χ1v) is 6.59. The van der Waals surface area contributed by atoms with Gasteiger partial charge in [-0.05, 0) is 37.5 Å². The van der Waals surface area contributed by atoms with E-state index in [1.165, 1.54) is 17.3 Å². The fourth-order valence-corrected chi connectivity index (χ4v) is 2.22. The summed E-state index contributed by atoms with van der Waals surface area (Å²) >= 11 is 2.38. The van der Waals surface area contributed by atoms with Crippen LogP contribution in [0.5, 0.6) is 0 Å². The lowest BCUT2D eigenvalue weighted by molar-refractivity contribution is -0.129. The van der Waals surface area contributed by atoms with Gasteiger partial charge in [0.25, 0.3) is 0 Å². The lowest BCUT2D eigenvalue weighted by Gasteiger charge is -2.23. The monoisotopic (exact) mass is 308 g/mol. The smallest absolute Gasteiger partial charge is 0.202 e. The molecule has 0 aromatic heterocycles. The number of allylic oxidation sites excluding steroid dienone is 1. The van der Waals surface area contributed by atoms with Crippen LogP contribution in [0, 0.1) is 0 Å². The largest absolute Gasteiger partial charge is 0.484 e. The van der Waals surface area contributed by atoms with Gasteiger partial charge in [-0.15, -0.1) is 0 Å². The topological polar surface area (TPSA) is 26.3 Å². The Bertz CT molecular complexity index is 248. The van der Waals surface area contributed by atoms with Crippen LogP contribution in [-0.2, 0) is 9.53 Å². The molecule has 1 heterocycles. The first-order valence-electron chi connectivity index (χ1n) is 5.06. The molecular weight excluding hydrogens is 291 g/mol. The summed E-state index contributed by atoms with van der Waals surface area (Å²) in [5, 5.41) is 0. The van der Waals surface area contributed by atoms with Crippen molar-refractivity contribution in [1.29, 1.82) is 0 Å². The second kappa shape index (κ2) is 5.14. The van der Waals surface area contributed by atoms with Gasteiger partial charge in [-0.25, -0.2) is 0 Å². The number of alkyl halides is 1. The van der Waals surface area contributed by atoms with E-state index in [0.717, 1.165) is 18.6 Å². The number of ether oxygens (including phenoxy) is 1. The Labute approximate surface area is 99.2 Å². The van der Waals surface area contributed by atoms with Crippen LogP contribution in [-0.4, -0.2) is 15.8 Å². The minimum Gasteiger partial charge on any atom is -0.484 e. The highest BCUT2D eigenvalue weighted by Crippen LogP contribution is 2.29. The maximum absolute atomic E-state index is 11.6. The Morgan fingerprint density at radius 2 is 2.14 bits per heavy atom. The third kappa shape index (κ3) is 2.97. The van der Waals surface area contributed by atoms with E-state index < -0.39 is 5.60 Å². The number of hydrogen-bond donors (Lipinski definition) is 0. The van der Waals surface area contributed by atoms with Crippen molar-refractivity contribution in [1.82, 2.24) is 0 Å². The summed E-state index contributed by atoms with van der Waals surface area (Å²) in [6.45, 7) is 3.74. The molecule has 1 rings (SSSR count). The molecule has 1 atom stereocenters. The third-order valence-corrected chi connectivity index (χ3v) is 3.29. The second-order valence-corrected chi connectivity index (χ2v) is 5.03. The molecule has 80 valence electrons. The number of halogens is 1. The van der Waals surface area contributed by atoms with Crippen LogP contribution >= 0.6 is 22.6 Å². The molecule has 0 aromatic rings. The summed E-state index contributed by atoms with van der Waals surface area (Å²) < 4.78 is 6.75. The Kier molecular flexibility index (Phi) is 4.41. The molecule has 2 nitrogen and oxygen atoms in total. The van der Waals surface area contributed by atoms with Gasteiger partial charge in [0.2, 0.25) is 5.78 Å². The summed E-state index contributed by atoms with van der Waals surface area (Å²) in [7, 11) is 0. The highest BCUT2D eigenvalue weighted by Gasteiger charge is 2.37. The molecule has 1 aliphatic heterocycles. The Hall–Kier alpha value is -0.0600. The Balaban J connectivity index is 2.34. The Morgan fingerprint density at radius 3 is 2.64 bits per heavy atom. The van der Waals surface area contributed by atoms with Crippen molar-refractivity contribution in [3.63, 3.8) is 0 Å². The van der Waals surface area contributed by atoms with Gasteiger partial charge in [-0.3, -0.25) is 4.79 Å². The highest BCUT2D eigenvalue weighted by atomic mass is 127. The first kappa shape index (κ1) is 12.0. The fraction of sp³-hybridized carbons (Fsp3) is 0.727. The van der Waals surface area contributed by atoms with Crippen LogP contribution in [0.25, 0.3) is 0 Å². The number of ketones is 1. The van der Waals surface area contributed by atoms with Crippen LogP contribution in [0.15, 0.2) is 11.8 Å². The van der Waals surface area contributed by atoms with Crippen molar-refractivity contribution in [3.8, 4) is 0 Å². The molecule has 0 fully saturated rings. The van der Waals surface area contributed by atoms with Crippen LogP contribution in [0.4, 0.5) is 0 Å². The maximum atomic E-state index is 11.6. The molecule has 14 heavy (non-hydrogen) atoms. The van der Waals surface area contributed by atoms with E-state index in [1.54, 1.807) is 6.08 Å². The lowest BCUT2D eigenvalue weighted by Crippen LogP contribution is -2.32. The molecular formula is C11H17IO2. The van der Waals surface area contributed by atoms with Gasteiger partial charge in [-0.2, -0.15) is 0 Å². The van der Waals surface area contributed by atoms with Crippen LogP contribution in [0.3, 0.4) is 0 Å². The molecule has 0 bridgehead atoms. The molecule has 0 N–H and O–H groups in total. The van der Waals surface area contributed by atoms with Crippen LogP contribution in [0.2, 0.25) is 0 Å². The molecule has 0 spiro atoms. The third-order valence-electron chi connectivity index (χ3n) is 2.53. The molecule has 0 saturated carbocycles. The second-order valence-electron chi connectivity index (χ2n) is 3.95. The van der Waals surface area contributed by atoms with Crippen molar-refractivity contribution in [2.24, 2.45) is 0 Å². The number of unbranched alkanes of at least 4 members (excludes halogenated alkanes) is 2. The van der Waals surface area contributed by atoms with Crippen molar-refractivity contribution >= 4 is 28.4 Å². The van der Waals surface area contributed by atoms with E-state index in [0.29, 0.717) is 0 Å². The summed E-state index contributed by atoms with van der Waals surface area (Å²) in [6, 6.07) is 0. The molecule has 1 aliphatic rings. The number of carbonyl (C=O) groups is 1. The number of carbonyl (C=O) groups excluding carboxylic acids is 1. The highest BCUT2D eigenvalue weighted by molar-refractivity contribution is 14.1. The zero-order valence-electron chi connectivity index (χ0n) is 8.81. The van der Waals surface area contributed by atoms with Gasteiger partial charge in [0.1, 0.15) is 0 Å². The van der Waals surface area contributed by atoms with Gasteiger partial charge >= 0.3 is 0 Å². The van der Waals surface area contributed by atoms with E-state index in [2.05, 4.69) is 22.6 Å². The van der Waals surface area contributed by atoms with Gasteiger partial charge in [0, 0.05) is 6.08 Å². The van der Waals surface area contributed by atoms with E-state index in [4.69, 9.17) is 4.74 Å². The van der Waals surface area contributed by atoms with Crippen molar-refractivity contribution in [3.05, 3.63) is 11.8 Å². The number of hydrogen-bond acceptors (Lipinski definition) is 2. The van der Waals surface area contributed by atoms with Crippen molar-refractivity contribution in [2.45, 2.75) is 45.1 Å². The van der Waals surface area contributed by atoms with Crippen molar-refractivity contribution in [2.75, 3.05) is 4.43 Å². The quantitative estimate of drug-likeness (QED) is 0.443. The van der Waals surface area contributed by atoms with Gasteiger partial charge in [0.15, 0.2) is 5.60 Å². The predicted molar refractivity (Wildman–Crippen MR) is 65.6 cm³/mol. The van der Waals surface area contributed by atoms with E-state index in [1.807, 2.05) is 13.8 Å². The SMILES string of the molecule is CC1=CC(=O)C(C)(CCCCCI)O1. The van der Waals surface area contributed by atoms with E-state index in [9.17, 15) is 4.79 Å². The molecule has 0 aliphatic carbocycles. The summed E-state index contributed by atoms with van der Waals surface area (Å²) in [5.74, 6) is 0.885. The molecule has 0 amide bonds. The van der Waals surface area contributed by atoms with Crippen LogP contribution < -0.4 is 0 Å². The van der Waals surface area contributed by atoms with Gasteiger partial charge in [-0.1, -0.05) is 29.0 Å². The van der Waals surface area contributed by atoms with E-state index >= 15 is 0 Å². The summed E-state index contributed by atoms with van der Waals surface area (Å²) in [6.07, 6.45) is 5.95. The standard InChI is InChI=1S/C11H17IO2/c1-9-8-10(13)11(2,14-9)6-4-3-5-7-12/h8H,3-7H2,1-2H3. The molecule has 3 heteroatoms. The van der Waals surface area contributed by atoms with Gasteiger partial charge in [0.05, 0.1) is 5.76 Å². The average Bonchev–Trinajstić information content (AvgIpc) is 2.36.